The molecule has 3 aliphatic rings. The van der Waals surface area contributed by atoms with Crippen molar-refractivity contribution in [2.75, 3.05) is 0 Å². The second-order valence-corrected chi connectivity index (χ2v) is 17.4. The number of fused-ring (bicyclic) bond motifs is 4. The summed E-state index contributed by atoms with van der Waals surface area (Å²) in [6.45, 7) is 18.7. The fourth-order valence-corrected chi connectivity index (χ4v) is 9.13. The summed E-state index contributed by atoms with van der Waals surface area (Å²) in [4.78, 5) is 4.48. The minimum absolute atomic E-state index is 0. The Balaban J connectivity index is 0.000000126. The van der Waals surface area contributed by atoms with Crippen molar-refractivity contribution in [2.45, 2.75) is 20.8 Å². The Hall–Kier alpha value is -9.99. The maximum absolute atomic E-state index is 4.48. The van der Waals surface area contributed by atoms with E-state index in [1.165, 1.54) is 99.1 Å². The maximum atomic E-state index is 4.48. The molecule has 0 atom stereocenters. The zero-order chi connectivity index (χ0) is 48.4. The van der Waals surface area contributed by atoms with Crippen molar-refractivity contribution in [1.29, 1.82) is 0 Å². The fraction of sp³-hybridized carbons (Fsp3) is 0.0455. The number of nitrogens with zero attached hydrogens (tertiary/aromatic N) is 4. The van der Waals surface area contributed by atoms with Gasteiger partial charge in [0.05, 0.1) is 5.69 Å². The predicted molar refractivity (Wildman–Crippen MR) is 290 cm³/mol. The molecule has 5 heteroatoms. The van der Waals surface area contributed by atoms with Crippen LogP contribution in [0.5, 0.6) is 0 Å². The van der Waals surface area contributed by atoms with E-state index in [0.717, 1.165) is 5.69 Å². The van der Waals surface area contributed by atoms with Gasteiger partial charge in [-0.1, -0.05) is 160 Å². The van der Waals surface area contributed by atoms with Crippen LogP contribution in [0.2, 0.25) is 0 Å². The summed E-state index contributed by atoms with van der Waals surface area (Å²) in [6, 6.07) is 52.3. The van der Waals surface area contributed by atoms with Gasteiger partial charge in [0.25, 0.3) is 0 Å². The predicted octanol–water partition coefficient (Wildman–Crippen LogP) is 11.4. The van der Waals surface area contributed by atoms with Crippen LogP contribution >= 0.6 is 0 Å². The molecule has 0 N–H and O–H groups in total. The molecule has 4 nitrogen and oxygen atoms in total. The number of benzene rings is 5. The van der Waals surface area contributed by atoms with E-state index in [9.17, 15) is 0 Å². The van der Waals surface area contributed by atoms with Crippen molar-refractivity contribution in [3.8, 4) is 45.0 Å². The Labute approximate surface area is 411 Å². The minimum Gasteiger partial charge on any atom is -0.256 e. The molecule has 1 radical (unpaired) electrons. The summed E-state index contributed by atoms with van der Waals surface area (Å²) < 4.78 is 5.85. The van der Waals surface area contributed by atoms with Gasteiger partial charge in [-0.15, -0.1) is 73.9 Å². The third-order valence-corrected chi connectivity index (χ3v) is 12.7. The molecule has 5 aromatic carbocycles. The van der Waals surface area contributed by atoms with Crippen molar-refractivity contribution in [1.82, 2.24) is 4.98 Å². The van der Waals surface area contributed by atoms with Gasteiger partial charge in [0, 0.05) is 33.8 Å². The molecule has 0 fully saturated rings. The second kappa shape index (κ2) is 21.8. The molecule has 0 saturated carbocycles. The van der Waals surface area contributed by atoms with Crippen LogP contribution in [-0.2, 0) is 0 Å². The number of rotatable bonds is 4. The summed E-state index contributed by atoms with van der Waals surface area (Å²) in [6.07, 6.45) is 33.2. The number of allylic oxidation sites excluding steroid dienone is 6. The minimum atomic E-state index is 0. The van der Waals surface area contributed by atoms with Crippen LogP contribution in [0.25, 0.3) is 74.0 Å². The first-order valence-electron chi connectivity index (χ1n) is 23.6. The van der Waals surface area contributed by atoms with Crippen molar-refractivity contribution in [2.24, 2.45) is 0 Å². The molecule has 0 bridgehead atoms. The van der Waals surface area contributed by atoms with Gasteiger partial charge in [-0.3, -0.25) is 4.98 Å². The molecule has 355 valence electrons. The molecule has 0 amide bonds. The van der Waals surface area contributed by atoms with Gasteiger partial charge < -0.3 is 0 Å². The Morgan fingerprint density at radius 3 is 1.18 bits per heavy atom. The Kier molecular flexibility index (Phi) is 14.6. The first kappa shape index (κ1) is 47.5. The van der Waals surface area contributed by atoms with E-state index >= 15 is 0 Å². The molecular weight excluding hydrogens is 1110 g/mol. The Morgan fingerprint density at radius 2 is 0.775 bits per heavy atom. The van der Waals surface area contributed by atoms with Gasteiger partial charge in [-0.05, 0) is 67.1 Å². The van der Waals surface area contributed by atoms with E-state index in [1.54, 1.807) is 0 Å². The van der Waals surface area contributed by atoms with E-state index < -0.39 is 0 Å². The summed E-state index contributed by atoms with van der Waals surface area (Å²) in [7, 11) is 0. The quantitative estimate of drug-likeness (QED) is 0.128. The van der Waals surface area contributed by atoms with Crippen molar-refractivity contribution in [3.05, 3.63) is 301 Å². The van der Waals surface area contributed by atoms with E-state index in [-0.39, 0.29) is 0 Å². The smallest absolute Gasteiger partial charge is 0.156 e. The number of aryl methyl sites for hydroxylation is 3. The van der Waals surface area contributed by atoms with Gasteiger partial charge in [0.2, 0.25) is 0 Å². The summed E-state index contributed by atoms with van der Waals surface area (Å²) in [5, 5.41) is 6.18. The number of hydrogen-bond donors (Lipinski definition) is 0. The number of hydrogen-bond acceptors (Lipinski definition) is 1. The average Bonchev–Trinajstić information content (AvgIpc) is 3.40. The van der Waals surface area contributed by atoms with Crippen LogP contribution in [0.3, 0.4) is 0 Å². The Bertz CT molecular complexity index is 3540. The largest absolute Gasteiger partial charge is 0.256 e. The van der Waals surface area contributed by atoms with Gasteiger partial charge in [0.1, 0.15) is 37.2 Å². The molecule has 0 aliphatic heterocycles. The molecule has 0 unspecified atom stereocenters. The molecule has 3 aliphatic carbocycles. The SMILES string of the molecule is C=[n+]1ccc2c(c1-c1ccccc1C)[CH-]C=CC=2.C=[n+]1ccc2c(c1-c1ccccc1C)[CH-]C=CC=2.C=[n+]1ccc2c(c1-c1ccccc1C)[CH-]C=CC=2.[Lr].c1ccc(-c2nccc3ccccc23)cc1. The monoisotopic (exact) mass is 1170 g/mol. The van der Waals surface area contributed by atoms with E-state index in [2.05, 4.69) is 247 Å². The molecule has 4 aromatic heterocycles. The molecule has 12 rings (SSSR count). The molecule has 0 spiro atoms. The van der Waals surface area contributed by atoms with Gasteiger partial charge in [0.15, 0.2) is 18.6 Å². The third kappa shape index (κ3) is 10.3. The molecule has 0 saturated heterocycles. The number of aromatic nitrogens is 4. The number of pyridine rings is 4. The molecule has 71 heavy (non-hydrogen) atoms. The van der Waals surface area contributed by atoms with Crippen molar-refractivity contribution in [3.63, 3.8) is 0 Å². The van der Waals surface area contributed by atoms with Crippen LogP contribution in [-0.4, -0.2) is 4.98 Å². The molecule has 9 aromatic rings. The standard InChI is InChI=1S/3C17H15N.C15H11N.Lr/c3*1-13-7-3-5-9-15(13)17-16-10-6-4-8-14(16)11-12-18(17)2;1-2-7-13(8-3-1)15-14-9-5-4-6-12(14)10-11-16-15;/h3*3-12H,2H2,1H3;1-11H;. The third-order valence-electron chi connectivity index (χ3n) is 12.7. The van der Waals surface area contributed by atoms with E-state index in [4.69, 9.17) is 0 Å². The summed E-state index contributed by atoms with van der Waals surface area (Å²) >= 11 is 0. The van der Waals surface area contributed by atoms with Crippen molar-refractivity contribution < 1.29 is 12.7 Å². The summed E-state index contributed by atoms with van der Waals surface area (Å²) in [5.41, 5.74) is 17.0. The van der Waals surface area contributed by atoms with Crippen LogP contribution in [0.1, 0.15) is 33.4 Å². The van der Waals surface area contributed by atoms with Gasteiger partial charge >= 0.3 is 0 Å². The zero-order valence-electron chi connectivity index (χ0n) is 40.3. The summed E-state index contributed by atoms with van der Waals surface area (Å²) in [5.74, 6) is 0. The fourth-order valence-electron chi connectivity index (χ4n) is 9.13. The topological polar surface area (TPSA) is 30.6 Å². The zero-order valence-corrected chi connectivity index (χ0v) is 42.5. The normalized spacial score (nSPS) is 11.9. The van der Waals surface area contributed by atoms with Gasteiger partial charge in [-0.25, -0.2) is 12.7 Å². The van der Waals surface area contributed by atoms with Gasteiger partial charge in [-0.2, -0.15) is 0 Å². The first-order valence-corrected chi connectivity index (χ1v) is 23.6. The van der Waals surface area contributed by atoms with E-state index in [0.29, 0.717) is 0 Å². The van der Waals surface area contributed by atoms with Crippen molar-refractivity contribution >= 4 is 29.0 Å². The average molecular weight is 1170 g/mol. The molecular formula is C66H56LrN4. The van der Waals surface area contributed by atoms with Crippen LogP contribution in [0, 0.1) is 60.2 Å². The van der Waals surface area contributed by atoms with Crippen LogP contribution < -0.4 is 28.4 Å². The second-order valence-electron chi connectivity index (χ2n) is 17.4. The Morgan fingerprint density at radius 1 is 0.408 bits per heavy atom. The van der Waals surface area contributed by atoms with E-state index in [1.807, 2.05) is 61.8 Å². The first-order chi connectivity index (χ1) is 34.3. The maximum Gasteiger partial charge on any atom is 0.156 e. The van der Waals surface area contributed by atoms with Crippen LogP contribution in [0.15, 0.2) is 213 Å². The van der Waals surface area contributed by atoms with Crippen LogP contribution in [0.4, 0.5) is 0 Å². The molecule has 4 heterocycles.